The molecule has 5 heteroatoms. The maximum absolute atomic E-state index is 10.9. The number of hydrogen-bond acceptors (Lipinski definition) is 5. The van der Waals surface area contributed by atoms with Gasteiger partial charge in [0.25, 0.3) is 0 Å². The summed E-state index contributed by atoms with van der Waals surface area (Å²) in [6, 6.07) is 0. The highest BCUT2D eigenvalue weighted by atomic mass is 16.5. The van der Waals surface area contributed by atoms with E-state index in [4.69, 9.17) is 4.74 Å². The average Bonchev–Trinajstić information content (AvgIpc) is 2.25. The van der Waals surface area contributed by atoms with Crippen molar-refractivity contribution in [2.45, 2.75) is 0 Å². The van der Waals surface area contributed by atoms with Crippen LogP contribution in [0.5, 0.6) is 5.88 Å². The van der Waals surface area contributed by atoms with E-state index in [2.05, 4.69) is 9.97 Å². The number of rotatable bonds is 4. The maximum atomic E-state index is 10.9. The SMILES string of the molecule is COc1nccnc1C(C=O)=CN(C)C. The first-order valence-electron chi connectivity index (χ1n) is 4.37. The fraction of sp³-hybridized carbons (Fsp3) is 0.300. The van der Waals surface area contributed by atoms with Crippen molar-refractivity contribution in [3.63, 3.8) is 0 Å². The molecule has 0 saturated heterocycles. The number of aromatic nitrogens is 2. The van der Waals surface area contributed by atoms with Crippen molar-refractivity contribution >= 4 is 11.9 Å². The molecule has 0 radical (unpaired) electrons. The van der Waals surface area contributed by atoms with E-state index in [1.807, 2.05) is 14.1 Å². The minimum atomic E-state index is 0.345. The van der Waals surface area contributed by atoms with Crippen LogP contribution in [0.3, 0.4) is 0 Å². The van der Waals surface area contributed by atoms with Gasteiger partial charge in [0.05, 0.1) is 12.7 Å². The minimum absolute atomic E-state index is 0.345. The zero-order valence-corrected chi connectivity index (χ0v) is 8.97. The summed E-state index contributed by atoms with van der Waals surface area (Å²) in [6.07, 6.45) is 5.43. The Kier molecular flexibility index (Phi) is 3.79. The lowest BCUT2D eigenvalue weighted by atomic mass is 10.2. The molecule has 1 heterocycles. The predicted octanol–water partition coefficient (Wildman–Crippen LogP) is 0.587. The molecule has 1 aromatic rings. The molecule has 0 aliphatic heterocycles. The van der Waals surface area contributed by atoms with Gasteiger partial charge in [0.1, 0.15) is 5.69 Å². The normalized spacial score (nSPS) is 11.0. The zero-order chi connectivity index (χ0) is 11.3. The molecule has 1 aromatic heterocycles. The molecule has 1 rings (SSSR count). The molecule has 0 spiro atoms. The summed E-state index contributed by atoms with van der Waals surface area (Å²) in [7, 11) is 5.14. The topological polar surface area (TPSA) is 55.3 Å². The van der Waals surface area contributed by atoms with E-state index in [9.17, 15) is 4.79 Å². The summed E-state index contributed by atoms with van der Waals surface area (Å²) in [5, 5.41) is 0. The number of ether oxygens (including phenoxy) is 1. The molecule has 0 aromatic carbocycles. The first-order chi connectivity index (χ1) is 7.19. The highest BCUT2D eigenvalue weighted by Gasteiger charge is 2.10. The standard InChI is InChI=1S/C10H13N3O2/c1-13(2)6-8(7-14)9-10(15-3)12-5-4-11-9/h4-7H,1-3H3. The zero-order valence-electron chi connectivity index (χ0n) is 8.97. The predicted molar refractivity (Wildman–Crippen MR) is 56.3 cm³/mol. The maximum Gasteiger partial charge on any atom is 0.240 e. The molecule has 0 aliphatic carbocycles. The molecular formula is C10H13N3O2. The van der Waals surface area contributed by atoms with Gasteiger partial charge in [-0.3, -0.25) is 4.79 Å². The summed E-state index contributed by atoms with van der Waals surface area (Å²) < 4.78 is 5.02. The lowest BCUT2D eigenvalue weighted by Gasteiger charge is -2.08. The summed E-state index contributed by atoms with van der Waals surface area (Å²) in [6.45, 7) is 0. The summed E-state index contributed by atoms with van der Waals surface area (Å²) in [5.74, 6) is 0.345. The smallest absolute Gasteiger partial charge is 0.240 e. The molecule has 0 aliphatic rings. The largest absolute Gasteiger partial charge is 0.479 e. The van der Waals surface area contributed by atoms with Crippen LogP contribution in [0.25, 0.3) is 5.57 Å². The molecule has 0 saturated carbocycles. The highest BCUT2D eigenvalue weighted by molar-refractivity contribution is 6.06. The van der Waals surface area contributed by atoms with Crippen LogP contribution >= 0.6 is 0 Å². The number of hydrogen-bond donors (Lipinski definition) is 0. The van der Waals surface area contributed by atoms with Crippen molar-refractivity contribution in [2.75, 3.05) is 21.2 Å². The quantitative estimate of drug-likeness (QED) is 0.534. The van der Waals surface area contributed by atoms with E-state index in [1.54, 1.807) is 11.1 Å². The van der Waals surface area contributed by atoms with Crippen molar-refractivity contribution in [2.24, 2.45) is 0 Å². The number of aldehydes is 1. The van der Waals surface area contributed by atoms with Crippen LogP contribution in [0.1, 0.15) is 5.69 Å². The van der Waals surface area contributed by atoms with E-state index >= 15 is 0 Å². The van der Waals surface area contributed by atoms with Gasteiger partial charge in [-0.05, 0) is 0 Å². The average molecular weight is 207 g/mol. The van der Waals surface area contributed by atoms with Gasteiger partial charge >= 0.3 is 0 Å². The van der Waals surface area contributed by atoms with E-state index in [1.165, 1.54) is 19.5 Å². The summed E-state index contributed by atoms with van der Waals surface area (Å²) in [4.78, 5) is 20.7. The van der Waals surface area contributed by atoms with Crippen LogP contribution in [0.4, 0.5) is 0 Å². The Balaban J connectivity index is 3.17. The molecule has 0 bridgehead atoms. The molecule has 15 heavy (non-hydrogen) atoms. The Labute approximate surface area is 88.4 Å². The molecule has 80 valence electrons. The van der Waals surface area contributed by atoms with Crippen molar-refractivity contribution in [3.8, 4) is 5.88 Å². The van der Waals surface area contributed by atoms with Gasteiger partial charge in [-0.1, -0.05) is 0 Å². The van der Waals surface area contributed by atoms with Crippen LogP contribution < -0.4 is 4.74 Å². The van der Waals surface area contributed by atoms with Crippen LogP contribution in [0.15, 0.2) is 18.6 Å². The lowest BCUT2D eigenvalue weighted by molar-refractivity contribution is -0.103. The molecule has 5 nitrogen and oxygen atoms in total. The van der Waals surface area contributed by atoms with E-state index in [-0.39, 0.29) is 0 Å². The first kappa shape index (κ1) is 11.2. The number of carbonyl (C=O) groups excluding carboxylic acids is 1. The van der Waals surface area contributed by atoms with Crippen LogP contribution in [0, 0.1) is 0 Å². The van der Waals surface area contributed by atoms with Gasteiger partial charge in [0.2, 0.25) is 5.88 Å². The van der Waals surface area contributed by atoms with Crippen molar-refractivity contribution in [1.29, 1.82) is 0 Å². The molecular weight excluding hydrogens is 194 g/mol. The molecule has 0 fully saturated rings. The first-order valence-corrected chi connectivity index (χ1v) is 4.37. The summed E-state index contributed by atoms with van der Waals surface area (Å²) >= 11 is 0. The van der Waals surface area contributed by atoms with Gasteiger partial charge in [0.15, 0.2) is 6.29 Å². The third-order valence-corrected chi connectivity index (χ3v) is 1.66. The summed E-state index contributed by atoms with van der Waals surface area (Å²) in [5.41, 5.74) is 0.883. The number of carbonyl (C=O) groups is 1. The number of methoxy groups -OCH3 is 1. The fourth-order valence-electron chi connectivity index (χ4n) is 1.10. The highest BCUT2D eigenvalue weighted by Crippen LogP contribution is 2.18. The molecule has 0 atom stereocenters. The second-order valence-corrected chi connectivity index (χ2v) is 3.08. The van der Waals surface area contributed by atoms with Gasteiger partial charge in [0, 0.05) is 32.7 Å². The third-order valence-electron chi connectivity index (χ3n) is 1.66. The minimum Gasteiger partial charge on any atom is -0.479 e. The Bertz CT molecular complexity index is 375. The number of allylic oxidation sites excluding steroid dienone is 1. The van der Waals surface area contributed by atoms with Gasteiger partial charge in [-0.2, -0.15) is 0 Å². The Morgan fingerprint density at radius 3 is 2.60 bits per heavy atom. The molecule has 0 unspecified atom stereocenters. The van der Waals surface area contributed by atoms with Gasteiger partial charge in [-0.15, -0.1) is 0 Å². The Hall–Kier alpha value is -1.91. The molecule has 0 N–H and O–H groups in total. The monoisotopic (exact) mass is 207 g/mol. The van der Waals surface area contributed by atoms with Crippen LogP contribution in [-0.4, -0.2) is 42.4 Å². The van der Waals surface area contributed by atoms with Crippen LogP contribution in [0.2, 0.25) is 0 Å². The lowest BCUT2D eigenvalue weighted by Crippen LogP contribution is -2.05. The van der Waals surface area contributed by atoms with Crippen molar-refractivity contribution in [1.82, 2.24) is 14.9 Å². The van der Waals surface area contributed by atoms with Crippen LogP contribution in [-0.2, 0) is 4.79 Å². The van der Waals surface area contributed by atoms with E-state index in [0.29, 0.717) is 17.1 Å². The van der Waals surface area contributed by atoms with Gasteiger partial charge < -0.3 is 9.64 Å². The second kappa shape index (κ2) is 5.09. The second-order valence-electron chi connectivity index (χ2n) is 3.08. The third kappa shape index (κ3) is 2.77. The van der Waals surface area contributed by atoms with Crippen molar-refractivity contribution < 1.29 is 9.53 Å². The Morgan fingerprint density at radius 1 is 1.40 bits per heavy atom. The fourth-order valence-corrected chi connectivity index (χ4v) is 1.10. The van der Waals surface area contributed by atoms with Gasteiger partial charge in [-0.25, -0.2) is 9.97 Å². The van der Waals surface area contributed by atoms with E-state index < -0.39 is 0 Å². The number of nitrogens with zero attached hydrogens (tertiary/aromatic N) is 3. The van der Waals surface area contributed by atoms with Crippen molar-refractivity contribution in [3.05, 3.63) is 24.3 Å². The van der Waals surface area contributed by atoms with E-state index in [0.717, 1.165) is 6.29 Å². The Morgan fingerprint density at radius 2 is 2.07 bits per heavy atom. The molecule has 0 amide bonds.